The Morgan fingerprint density at radius 2 is 0.897 bits per heavy atom. The van der Waals surface area contributed by atoms with Crippen molar-refractivity contribution in [2.45, 2.75) is 244 Å². The summed E-state index contributed by atoms with van der Waals surface area (Å²) >= 11 is 4.64. The number of likely N-dealkylation sites (tertiary alicyclic amines) is 4. The van der Waals surface area contributed by atoms with Gasteiger partial charge in [-0.25, -0.2) is 0 Å². The lowest BCUT2D eigenvalue weighted by atomic mass is 9.69. The molecular formula is C49H81N7S2. The van der Waals surface area contributed by atoms with Crippen LogP contribution in [-0.4, -0.2) is 115 Å². The largest absolute Gasteiger partial charge is 0.297 e. The first-order chi connectivity index (χ1) is 28.6. The number of rotatable bonds is 4. The Balaban J connectivity index is 0.687. The highest BCUT2D eigenvalue weighted by molar-refractivity contribution is 8.01. The first-order valence-electron chi connectivity index (χ1n) is 26.2. The third-order valence-electron chi connectivity index (χ3n) is 21.1. The molecule has 13 fully saturated rings. The third-order valence-corrected chi connectivity index (χ3v) is 23.9. The zero-order valence-corrected chi connectivity index (χ0v) is 38.1. The number of nitrogens with one attached hydrogen (secondary N) is 3. The highest BCUT2D eigenvalue weighted by Gasteiger charge is 2.61. The van der Waals surface area contributed by atoms with Crippen LogP contribution in [-0.2, 0) is 0 Å². The molecule has 22 atom stereocenters. The second kappa shape index (κ2) is 15.5. The molecule has 22 unspecified atom stereocenters. The smallest absolute Gasteiger partial charge is 0.110 e. The van der Waals surface area contributed by atoms with Gasteiger partial charge < -0.3 is 0 Å². The van der Waals surface area contributed by atoms with Crippen molar-refractivity contribution in [3.8, 4) is 0 Å². The average Bonchev–Trinajstić information content (AvgIpc) is 4.10. The summed E-state index contributed by atoms with van der Waals surface area (Å²) in [6, 6.07) is 7.96. The molecule has 0 radical (unpaired) electrons. The SMILES string of the molecule is CC1CCCC2C3CC(N4CCC5CCCCC54)CCC3N(C3NC4CC5NC(N6C7CCC(N8CCC9CCCCC98)CC7C7CCCC(C)C76)SC5NC4S3)C12. The molecule has 3 N–H and O–H groups in total. The van der Waals surface area contributed by atoms with E-state index in [9.17, 15) is 0 Å². The van der Waals surface area contributed by atoms with Gasteiger partial charge in [-0.15, -0.1) is 23.5 Å². The summed E-state index contributed by atoms with van der Waals surface area (Å²) in [5.74, 6) is 7.45. The highest BCUT2D eigenvalue weighted by atomic mass is 32.2. The van der Waals surface area contributed by atoms with Gasteiger partial charge in [0.2, 0.25) is 0 Å². The molecule has 7 saturated heterocycles. The second-order valence-electron chi connectivity index (χ2n) is 23.5. The molecule has 0 bridgehead atoms. The molecule has 324 valence electrons. The van der Waals surface area contributed by atoms with E-state index in [0.29, 0.717) is 33.8 Å². The molecule has 7 aliphatic heterocycles. The van der Waals surface area contributed by atoms with Crippen molar-refractivity contribution in [3.63, 3.8) is 0 Å². The molecule has 6 aliphatic carbocycles. The summed E-state index contributed by atoms with van der Waals surface area (Å²) in [5, 5.41) is 14.3. The van der Waals surface area contributed by atoms with Gasteiger partial charge >= 0.3 is 0 Å². The van der Waals surface area contributed by atoms with Crippen LogP contribution >= 0.6 is 23.5 Å². The first-order valence-corrected chi connectivity index (χ1v) is 28.1. The fourth-order valence-corrected chi connectivity index (χ4v) is 22.1. The molecule has 7 heterocycles. The molecule has 6 saturated carbocycles. The Bertz CT molecular complexity index is 1370. The normalized spacial score (nSPS) is 57.2. The Hall–Kier alpha value is 0.420. The molecular weight excluding hydrogens is 751 g/mol. The van der Waals surface area contributed by atoms with Crippen molar-refractivity contribution in [2.24, 2.45) is 47.3 Å². The van der Waals surface area contributed by atoms with Crippen LogP contribution in [0.1, 0.15) is 162 Å². The lowest BCUT2D eigenvalue weighted by Gasteiger charge is -2.44. The Morgan fingerprint density at radius 3 is 1.40 bits per heavy atom. The van der Waals surface area contributed by atoms with Gasteiger partial charge in [-0.3, -0.25) is 35.6 Å². The number of hydrogen-bond acceptors (Lipinski definition) is 9. The van der Waals surface area contributed by atoms with E-state index in [1.54, 1.807) is 0 Å². The fourth-order valence-electron chi connectivity index (χ4n) is 18.9. The highest BCUT2D eigenvalue weighted by Crippen LogP contribution is 2.57. The molecule has 13 aliphatic rings. The predicted octanol–water partition coefficient (Wildman–Crippen LogP) is 8.45. The van der Waals surface area contributed by atoms with Crippen LogP contribution in [0.3, 0.4) is 0 Å². The summed E-state index contributed by atoms with van der Waals surface area (Å²) in [7, 11) is 0. The van der Waals surface area contributed by atoms with Gasteiger partial charge in [-0.1, -0.05) is 52.4 Å². The van der Waals surface area contributed by atoms with Crippen LogP contribution in [0.4, 0.5) is 0 Å². The molecule has 0 aromatic heterocycles. The number of fused-ring (bicyclic) bond motifs is 10. The summed E-state index contributed by atoms with van der Waals surface area (Å²) in [5.41, 5.74) is 0.989. The van der Waals surface area contributed by atoms with Gasteiger partial charge in [-0.2, -0.15) is 0 Å². The zero-order chi connectivity index (χ0) is 38.2. The average molecular weight is 832 g/mol. The van der Waals surface area contributed by atoms with Crippen molar-refractivity contribution in [3.05, 3.63) is 0 Å². The lowest BCUT2D eigenvalue weighted by molar-refractivity contribution is 0.0485. The van der Waals surface area contributed by atoms with Crippen LogP contribution in [0, 0.1) is 47.3 Å². The summed E-state index contributed by atoms with van der Waals surface area (Å²) in [4.78, 5) is 12.6. The van der Waals surface area contributed by atoms with E-state index in [1.165, 1.54) is 161 Å². The van der Waals surface area contributed by atoms with Crippen molar-refractivity contribution >= 4 is 23.5 Å². The van der Waals surface area contributed by atoms with E-state index in [-0.39, 0.29) is 0 Å². The third kappa shape index (κ3) is 6.26. The van der Waals surface area contributed by atoms with Gasteiger partial charge in [0, 0.05) is 60.4 Å². The fraction of sp³-hybridized carbons (Fsp3) is 1.00. The van der Waals surface area contributed by atoms with E-state index in [2.05, 4.69) is 72.9 Å². The number of thioether (sulfide) groups is 2. The van der Waals surface area contributed by atoms with E-state index in [4.69, 9.17) is 0 Å². The van der Waals surface area contributed by atoms with Crippen molar-refractivity contribution in [1.29, 1.82) is 0 Å². The molecule has 9 heteroatoms. The summed E-state index contributed by atoms with van der Waals surface area (Å²) in [6.07, 6.45) is 34.0. The maximum absolute atomic E-state index is 4.42. The topological polar surface area (TPSA) is 49.1 Å². The zero-order valence-electron chi connectivity index (χ0n) is 36.5. The number of hydrogen-bond donors (Lipinski definition) is 3. The Morgan fingerprint density at radius 1 is 0.414 bits per heavy atom. The van der Waals surface area contributed by atoms with E-state index in [0.717, 1.165) is 95.7 Å². The van der Waals surface area contributed by atoms with Gasteiger partial charge in [0.05, 0.1) is 10.7 Å². The minimum absolute atomic E-state index is 0.495. The van der Waals surface area contributed by atoms with Gasteiger partial charge in [0.25, 0.3) is 0 Å². The van der Waals surface area contributed by atoms with E-state index >= 15 is 0 Å². The molecule has 13 rings (SSSR count). The predicted molar refractivity (Wildman–Crippen MR) is 240 cm³/mol. The number of nitrogens with zero attached hydrogens (tertiary/aromatic N) is 4. The minimum atomic E-state index is 0.495. The quantitative estimate of drug-likeness (QED) is 0.259. The molecule has 58 heavy (non-hydrogen) atoms. The standard InChI is InChI=1S/C49H81N7S2/c1-28-9-7-13-34-36-25-32(53-23-21-30-11-3-5-15-40(30)53)17-19-42(36)55(44(28)34)48-50-38-27-39-47(52-46(38)57-48)58-49(51-39)56-43-20-18-33(54-24-22-31-12-4-6-16-41(31)54)26-37(43)35-14-8-10-29(2)45(35)56/h28-52H,3-27H2,1-2H3. The summed E-state index contributed by atoms with van der Waals surface area (Å²) < 4.78 is 0. The molecule has 0 spiro atoms. The Labute approximate surface area is 361 Å². The minimum Gasteiger partial charge on any atom is -0.297 e. The van der Waals surface area contributed by atoms with Crippen LogP contribution in [0.15, 0.2) is 0 Å². The van der Waals surface area contributed by atoms with Gasteiger partial charge in [-0.05, 0) is 170 Å². The van der Waals surface area contributed by atoms with Crippen molar-refractivity contribution in [1.82, 2.24) is 35.6 Å². The van der Waals surface area contributed by atoms with Crippen LogP contribution in [0.5, 0.6) is 0 Å². The van der Waals surface area contributed by atoms with Crippen LogP contribution in [0.25, 0.3) is 0 Å². The van der Waals surface area contributed by atoms with Crippen LogP contribution in [0.2, 0.25) is 0 Å². The number of piperidine rings is 1. The maximum Gasteiger partial charge on any atom is 0.110 e. The van der Waals surface area contributed by atoms with Crippen molar-refractivity contribution in [2.75, 3.05) is 13.1 Å². The molecule has 0 aromatic carbocycles. The first kappa shape index (κ1) is 38.8. The maximum atomic E-state index is 4.42. The van der Waals surface area contributed by atoms with Crippen molar-refractivity contribution < 1.29 is 0 Å². The van der Waals surface area contributed by atoms with E-state index < -0.39 is 0 Å². The van der Waals surface area contributed by atoms with E-state index in [1.807, 2.05) is 0 Å². The molecule has 0 amide bonds. The summed E-state index contributed by atoms with van der Waals surface area (Å²) in [6.45, 7) is 8.12. The molecule has 7 nitrogen and oxygen atoms in total. The molecule has 0 aromatic rings. The van der Waals surface area contributed by atoms with Crippen LogP contribution < -0.4 is 16.0 Å². The van der Waals surface area contributed by atoms with Gasteiger partial charge in [0.1, 0.15) is 11.0 Å². The second-order valence-corrected chi connectivity index (χ2v) is 25.9. The monoisotopic (exact) mass is 832 g/mol. The lowest BCUT2D eigenvalue weighted by Crippen LogP contribution is -2.59. The van der Waals surface area contributed by atoms with Gasteiger partial charge in [0.15, 0.2) is 0 Å². The Kier molecular flexibility index (Phi) is 10.4.